The first-order valence-corrected chi connectivity index (χ1v) is 9.27. The summed E-state index contributed by atoms with van der Waals surface area (Å²) in [6.45, 7) is 4.07. The van der Waals surface area contributed by atoms with E-state index in [4.69, 9.17) is 9.47 Å². The molecule has 5 nitrogen and oxygen atoms in total. The topological polar surface area (TPSA) is 50.8 Å². The van der Waals surface area contributed by atoms with Gasteiger partial charge in [0.15, 0.2) is 11.5 Å². The lowest BCUT2D eigenvalue weighted by molar-refractivity contribution is 0.0936. The van der Waals surface area contributed by atoms with Crippen LogP contribution in [0.25, 0.3) is 0 Å². The molecule has 0 unspecified atom stereocenters. The van der Waals surface area contributed by atoms with E-state index in [0.29, 0.717) is 29.6 Å². The van der Waals surface area contributed by atoms with E-state index in [2.05, 4.69) is 39.7 Å². The lowest BCUT2D eigenvalue weighted by Gasteiger charge is -2.23. The summed E-state index contributed by atoms with van der Waals surface area (Å²) in [4.78, 5) is 15.0. The zero-order chi connectivity index (χ0) is 17.5. The van der Waals surface area contributed by atoms with Crippen molar-refractivity contribution < 1.29 is 18.7 Å². The molecule has 1 fully saturated rings. The number of carbonyl (C=O) groups is 1. The maximum Gasteiger partial charge on any atom is 0.255 e. The number of carbonyl (C=O) groups excluding carboxylic acids is 1. The summed E-state index contributed by atoms with van der Waals surface area (Å²) in [5, 5.41) is 2.99. The Labute approximate surface area is 156 Å². The summed E-state index contributed by atoms with van der Waals surface area (Å²) >= 11 is 2.12. The number of hydrogen-bond donors (Lipinski definition) is 1. The first-order chi connectivity index (χ1) is 11.6. The molecule has 1 N–H and O–H groups in total. The third-order valence-electron chi connectivity index (χ3n) is 4.21. The van der Waals surface area contributed by atoms with Crippen molar-refractivity contribution in [2.45, 2.75) is 25.8 Å². The standard InChI is InChI=1S/C17H24FIN2O3/c1-3-21-7-4-5-13(21)11-20-17(22)14-9-12(19)10-15(23-2)16(14)24-8-6-18/h9-10,13H,3-8,11H2,1-2H3,(H,20,22)/t13-/m0/s1/i19-2. The fourth-order valence-electron chi connectivity index (χ4n) is 3.03. The van der Waals surface area contributed by atoms with Gasteiger partial charge in [-0.3, -0.25) is 9.69 Å². The van der Waals surface area contributed by atoms with Crippen molar-refractivity contribution in [1.82, 2.24) is 10.2 Å². The van der Waals surface area contributed by atoms with E-state index in [1.54, 1.807) is 12.1 Å². The molecular weight excluding hydrogens is 424 g/mol. The summed E-state index contributed by atoms with van der Waals surface area (Å²) in [5.74, 6) is 0.520. The van der Waals surface area contributed by atoms with Crippen LogP contribution in [0, 0.1) is 3.57 Å². The van der Waals surface area contributed by atoms with E-state index in [1.807, 2.05) is 0 Å². The number of halogens is 2. The van der Waals surface area contributed by atoms with Crippen LogP contribution in [-0.4, -0.2) is 56.9 Å². The van der Waals surface area contributed by atoms with Crippen LogP contribution in [0.15, 0.2) is 12.1 Å². The monoisotopic (exact) mass is 448 g/mol. The second-order valence-electron chi connectivity index (χ2n) is 5.66. The van der Waals surface area contributed by atoms with Gasteiger partial charge in [0.25, 0.3) is 5.91 Å². The van der Waals surface area contributed by atoms with Gasteiger partial charge in [0.1, 0.15) is 13.3 Å². The molecule has 1 amide bonds. The molecular formula is C17H24FIN2O3. The molecule has 134 valence electrons. The molecule has 0 saturated carbocycles. The quantitative estimate of drug-likeness (QED) is 0.622. The second-order valence-corrected chi connectivity index (χ2v) is 6.90. The van der Waals surface area contributed by atoms with E-state index < -0.39 is 6.67 Å². The number of rotatable bonds is 8. The molecule has 1 atom stereocenters. The summed E-state index contributed by atoms with van der Waals surface area (Å²) in [7, 11) is 1.51. The van der Waals surface area contributed by atoms with Crippen molar-refractivity contribution in [3.05, 3.63) is 21.3 Å². The van der Waals surface area contributed by atoms with Crippen LogP contribution >= 0.6 is 22.6 Å². The number of methoxy groups -OCH3 is 1. The summed E-state index contributed by atoms with van der Waals surface area (Å²) in [6, 6.07) is 3.87. The number of nitrogens with one attached hydrogen (secondary N) is 1. The minimum atomic E-state index is -0.621. The van der Waals surface area contributed by atoms with Crippen molar-refractivity contribution in [2.24, 2.45) is 0 Å². The van der Waals surface area contributed by atoms with E-state index >= 15 is 0 Å². The number of nitrogens with zero attached hydrogens (tertiary/aromatic N) is 1. The van der Waals surface area contributed by atoms with Gasteiger partial charge in [0.2, 0.25) is 0 Å². The first kappa shape index (κ1) is 19.2. The zero-order valence-electron chi connectivity index (χ0n) is 14.1. The van der Waals surface area contributed by atoms with E-state index in [9.17, 15) is 9.18 Å². The highest BCUT2D eigenvalue weighted by Crippen LogP contribution is 2.33. The third kappa shape index (κ3) is 4.72. The molecule has 2 rings (SSSR count). The van der Waals surface area contributed by atoms with Crippen LogP contribution < -0.4 is 14.8 Å². The largest absolute Gasteiger partial charge is 0.493 e. The Bertz CT molecular complexity index is 571. The second kappa shape index (κ2) is 9.41. The molecule has 1 aliphatic rings. The highest BCUT2D eigenvalue weighted by Gasteiger charge is 2.25. The minimum absolute atomic E-state index is 0.108. The molecule has 1 aliphatic heterocycles. The predicted molar refractivity (Wildman–Crippen MR) is 99.8 cm³/mol. The molecule has 0 aromatic heterocycles. The SMILES string of the molecule is CCN1CCC[C@H]1CNC(=O)c1cc([125I])cc(OC)c1OCCF. The first-order valence-electron chi connectivity index (χ1n) is 8.19. The number of benzene rings is 1. The molecule has 0 radical (unpaired) electrons. The average molecular weight is 448 g/mol. The minimum Gasteiger partial charge on any atom is -0.493 e. The van der Waals surface area contributed by atoms with Crippen molar-refractivity contribution in [2.75, 3.05) is 40.0 Å². The molecule has 0 bridgehead atoms. The molecule has 0 spiro atoms. The molecule has 7 heteroatoms. The van der Waals surface area contributed by atoms with Gasteiger partial charge in [0.05, 0.1) is 12.7 Å². The van der Waals surface area contributed by atoms with Crippen molar-refractivity contribution in [3.63, 3.8) is 0 Å². The van der Waals surface area contributed by atoms with Crippen molar-refractivity contribution in [1.29, 1.82) is 0 Å². The van der Waals surface area contributed by atoms with Crippen LogP contribution in [0.1, 0.15) is 30.1 Å². The Kier molecular flexibility index (Phi) is 7.54. The predicted octanol–water partition coefficient (Wildman–Crippen LogP) is 2.86. The lowest BCUT2D eigenvalue weighted by Crippen LogP contribution is -2.40. The van der Waals surface area contributed by atoms with Gasteiger partial charge < -0.3 is 14.8 Å². The Morgan fingerprint density at radius 1 is 1.50 bits per heavy atom. The van der Waals surface area contributed by atoms with Gasteiger partial charge in [-0.05, 0) is 60.7 Å². The summed E-state index contributed by atoms with van der Waals surface area (Å²) in [5.41, 5.74) is 0.383. The highest BCUT2D eigenvalue weighted by molar-refractivity contribution is 14.1. The van der Waals surface area contributed by atoms with Crippen LogP contribution in [0.2, 0.25) is 0 Å². The van der Waals surface area contributed by atoms with Crippen molar-refractivity contribution in [3.8, 4) is 11.5 Å². The number of ether oxygens (including phenoxy) is 2. The maximum absolute atomic E-state index is 12.6. The van der Waals surface area contributed by atoms with Gasteiger partial charge in [-0.1, -0.05) is 6.92 Å². The van der Waals surface area contributed by atoms with E-state index in [-0.39, 0.29) is 12.5 Å². The van der Waals surface area contributed by atoms with E-state index in [1.165, 1.54) is 7.11 Å². The normalized spacial score (nSPS) is 17.8. The Morgan fingerprint density at radius 3 is 2.96 bits per heavy atom. The highest BCUT2D eigenvalue weighted by atomic mass is 125. The van der Waals surface area contributed by atoms with Crippen LogP contribution in [0.3, 0.4) is 0 Å². The molecule has 0 aliphatic carbocycles. The van der Waals surface area contributed by atoms with Gasteiger partial charge in [-0.25, -0.2) is 4.39 Å². The molecule has 24 heavy (non-hydrogen) atoms. The number of likely N-dealkylation sites (tertiary alicyclic amines) is 1. The van der Waals surface area contributed by atoms with Crippen molar-refractivity contribution >= 4 is 28.5 Å². The summed E-state index contributed by atoms with van der Waals surface area (Å²) < 4.78 is 24.1. The number of amides is 1. The van der Waals surface area contributed by atoms with Gasteiger partial charge in [-0.15, -0.1) is 0 Å². The van der Waals surface area contributed by atoms with Gasteiger partial charge >= 0.3 is 0 Å². The van der Waals surface area contributed by atoms with Gasteiger partial charge in [0, 0.05) is 16.2 Å². The molecule has 1 aromatic rings. The maximum atomic E-state index is 12.6. The third-order valence-corrected chi connectivity index (χ3v) is 4.83. The zero-order valence-corrected chi connectivity index (χ0v) is 16.3. The van der Waals surface area contributed by atoms with Crippen LogP contribution in [0.5, 0.6) is 11.5 Å². The number of hydrogen-bond acceptors (Lipinski definition) is 4. The molecule has 1 saturated heterocycles. The fraction of sp³-hybridized carbons (Fsp3) is 0.588. The number of likely N-dealkylation sites (N-methyl/N-ethyl adjacent to an activating group) is 1. The average Bonchev–Trinajstić information content (AvgIpc) is 3.05. The Balaban J connectivity index is 2.13. The van der Waals surface area contributed by atoms with E-state index in [0.717, 1.165) is 29.5 Å². The smallest absolute Gasteiger partial charge is 0.255 e. The molecule has 1 aromatic carbocycles. The number of alkyl halides is 1. The fourth-order valence-corrected chi connectivity index (χ4v) is 3.62. The molecule has 1 heterocycles. The van der Waals surface area contributed by atoms with Crippen LogP contribution in [-0.2, 0) is 0 Å². The summed E-state index contributed by atoms with van der Waals surface area (Å²) in [6.07, 6.45) is 2.26. The van der Waals surface area contributed by atoms with Crippen LogP contribution in [0.4, 0.5) is 4.39 Å². The Hall–Kier alpha value is -1.09. The lowest BCUT2D eigenvalue weighted by atomic mass is 10.1. The van der Waals surface area contributed by atoms with Gasteiger partial charge in [-0.2, -0.15) is 0 Å². The Morgan fingerprint density at radius 2 is 2.29 bits per heavy atom.